The van der Waals surface area contributed by atoms with E-state index >= 15 is 0 Å². The lowest BCUT2D eigenvalue weighted by atomic mass is 10.2. The lowest BCUT2D eigenvalue weighted by Gasteiger charge is -2.22. The van der Waals surface area contributed by atoms with Crippen LogP contribution in [0.25, 0.3) is 0 Å². The van der Waals surface area contributed by atoms with Crippen LogP contribution in [0.15, 0.2) is 12.3 Å². The monoisotopic (exact) mass is 267 g/mol. The molecule has 4 nitrogen and oxygen atoms in total. The van der Waals surface area contributed by atoms with Gasteiger partial charge in [-0.2, -0.15) is 0 Å². The minimum atomic E-state index is -0.201. The average Bonchev–Trinajstić information content (AvgIpc) is 2.70. The van der Waals surface area contributed by atoms with Gasteiger partial charge in [-0.15, -0.1) is 0 Å². The molecule has 1 aromatic heterocycles. The van der Waals surface area contributed by atoms with Crippen LogP contribution < -0.4 is 10.2 Å². The van der Waals surface area contributed by atoms with Crippen molar-refractivity contribution < 1.29 is 9.13 Å². The standard InChI is InChI=1S/C14H22FN3O/c1-2-5-16-11-12-4-6-17-14(13(12)15)18-7-3-9-19-10-8-18/h4,6,16H,2-3,5,7-11H2,1H3. The van der Waals surface area contributed by atoms with E-state index in [1.54, 1.807) is 12.3 Å². The fraction of sp³-hybridized carbons (Fsp3) is 0.643. The number of nitrogens with one attached hydrogen (secondary N) is 1. The number of rotatable bonds is 5. The van der Waals surface area contributed by atoms with Gasteiger partial charge in [-0.1, -0.05) is 6.92 Å². The van der Waals surface area contributed by atoms with E-state index in [4.69, 9.17) is 4.74 Å². The van der Waals surface area contributed by atoms with Crippen LogP contribution in [0.5, 0.6) is 0 Å². The van der Waals surface area contributed by atoms with Crippen LogP contribution in [-0.4, -0.2) is 37.8 Å². The van der Waals surface area contributed by atoms with E-state index in [1.807, 2.05) is 4.90 Å². The molecule has 1 saturated heterocycles. The van der Waals surface area contributed by atoms with Gasteiger partial charge >= 0.3 is 0 Å². The van der Waals surface area contributed by atoms with Crippen molar-refractivity contribution >= 4 is 5.82 Å². The number of ether oxygens (including phenoxy) is 1. The van der Waals surface area contributed by atoms with Crippen LogP contribution in [-0.2, 0) is 11.3 Å². The van der Waals surface area contributed by atoms with E-state index in [-0.39, 0.29) is 5.82 Å². The molecule has 1 N–H and O–H groups in total. The molecule has 0 amide bonds. The minimum Gasteiger partial charge on any atom is -0.380 e. The molecule has 2 heterocycles. The maximum Gasteiger partial charge on any atom is 0.170 e. The summed E-state index contributed by atoms with van der Waals surface area (Å²) < 4.78 is 19.8. The molecule has 1 aliphatic rings. The molecule has 0 unspecified atom stereocenters. The van der Waals surface area contributed by atoms with Gasteiger partial charge in [0.1, 0.15) is 0 Å². The molecular formula is C14H22FN3O. The van der Waals surface area contributed by atoms with Crippen molar-refractivity contribution in [3.05, 3.63) is 23.6 Å². The Labute approximate surface area is 114 Å². The predicted octanol–water partition coefficient (Wildman–Crippen LogP) is 1.95. The smallest absolute Gasteiger partial charge is 0.170 e. The van der Waals surface area contributed by atoms with Crippen LogP contribution >= 0.6 is 0 Å². The van der Waals surface area contributed by atoms with Crippen molar-refractivity contribution in [3.8, 4) is 0 Å². The van der Waals surface area contributed by atoms with Gasteiger partial charge < -0.3 is 15.0 Å². The zero-order valence-corrected chi connectivity index (χ0v) is 11.5. The molecule has 1 aliphatic heterocycles. The first-order valence-corrected chi connectivity index (χ1v) is 6.99. The normalized spacial score (nSPS) is 16.4. The van der Waals surface area contributed by atoms with Gasteiger partial charge in [0.2, 0.25) is 0 Å². The highest BCUT2D eigenvalue weighted by Gasteiger charge is 2.17. The summed E-state index contributed by atoms with van der Waals surface area (Å²) in [5.41, 5.74) is 0.684. The van der Waals surface area contributed by atoms with Crippen molar-refractivity contribution in [1.29, 1.82) is 0 Å². The van der Waals surface area contributed by atoms with Crippen LogP contribution in [0.1, 0.15) is 25.3 Å². The molecular weight excluding hydrogens is 245 g/mol. The minimum absolute atomic E-state index is 0.201. The molecule has 106 valence electrons. The van der Waals surface area contributed by atoms with Crippen molar-refractivity contribution in [3.63, 3.8) is 0 Å². The second-order valence-corrected chi connectivity index (χ2v) is 4.74. The largest absolute Gasteiger partial charge is 0.380 e. The Bertz CT molecular complexity index is 392. The number of halogens is 1. The lowest BCUT2D eigenvalue weighted by Crippen LogP contribution is -2.28. The second-order valence-electron chi connectivity index (χ2n) is 4.74. The third-order valence-corrected chi connectivity index (χ3v) is 3.21. The molecule has 2 rings (SSSR count). The number of hydrogen-bond acceptors (Lipinski definition) is 4. The Morgan fingerprint density at radius 1 is 1.42 bits per heavy atom. The number of nitrogens with zero attached hydrogens (tertiary/aromatic N) is 2. The Morgan fingerprint density at radius 2 is 2.32 bits per heavy atom. The van der Waals surface area contributed by atoms with Crippen LogP contribution in [0, 0.1) is 5.82 Å². The van der Waals surface area contributed by atoms with Crippen molar-refractivity contribution in [2.24, 2.45) is 0 Å². The van der Waals surface area contributed by atoms with Crippen LogP contribution in [0.2, 0.25) is 0 Å². The summed E-state index contributed by atoms with van der Waals surface area (Å²) in [6, 6.07) is 1.75. The topological polar surface area (TPSA) is 37.4 Å². The molecule has 0 aliphatic carbocycles. The fourth-order valence-corrected chi connectivity index (χ4v) is 2.19. The Balaban J connectivity index is 2.09. The number of hydrogen-bond donors (Lipinski definition) is 1. The first-order valence-electron chi connectivity index (χ1n) is 6.99. The highest BCUT2D eigenvalue weighted by molar-refractivity contribution is 5.43. The fourth-order valence-electron chi connectivity index (χ4n) is 2.19. The number of pyridine rings is 1. The van der Waals surface area contributed by atoms with E-state index in [0.29, 0.717) is 31.1 Å². The third-order valence-electron chi connectivity index (χ3n) is 3.21. The number of aromatic nitrogens is 1. The average molecular weight is 267 g/mol. The Kier molecular flexibility index (Phi) is 5.54. The van der Waals surface area contributed by atoms with Gasteiger partial charge in [-0.3, -0.25) is 0 Å². The van der Waals surface area contributed by atoms with E-state index in [9.17, 15) is 4.39 Å². The molecule has 0 spiro atoms. The van der Waals surface area contributed by atoms with Gasteiger partial charge in [0.05, 0.1) is 6.61 Å². The molecule has 0 atom stereocenters. The SMILES string of the molecule is CCCNCc1ccnc(N2CCCOCC2)c1F. The molecule has 0 radical (unpaired) electrons. The summed E-state index contributed by atoms with van der Waals surface area (Å²) in [5.74, 6) is 0.259. The summed E-state index contributed by atoms with van der Waals surface area (Å²) in [6.07, 6.45) is 3.65. The molecule has 5 heteroatoms. The van der Waals surface area contributed by atoms with Gasteiger partial charge in [0.25, 0.3) is 0 Å². The van der Waals surface area contributed by atoms with Crippen molar-refractivity contribution in [2.45, 2.75) is 26.3 Å². The van der Waals surface area contributed by atoms with Crippen molar-refractivity contribution in [2.75, 3.05) is 37.7 Å². The van der Waals surface area contributed by atoms with Gasteiger partial charge in [-0.25, -0.2) is 9.37 Å². The summed E-state index contributed by atoms with van der Waals surface area (Å²) in [7, 11) is 0. The zero-order chi connectivity index (χ0) is 13.5. The van der Waals surface area contributed by atoms with E-state index in [2.05, 4.69) is 17.2 Å². The zero-order valence-electron chi connectivity index (χ0n) is 11.5. The quantitative estimate of drug-likeness (QED) is 0.827. The maximum absolute atomic E-state index is 14.4. The highest BCUT2D eigenvalue weighted by atomic mass is 19.1. The van der Waals surface area contributed by atoms with Gasteiger partial charge in [0, 0.05) is 38.0 Å². The van der Waals surface area contributed by atoms with Gasteiger partial charge in [-0.05, 0) is 25.5 Å². The summed E-state index contributed by atoms with van der Waals surface area (Å²) in [4.78, 5) is 6.18. The van der Waals surface area contributed by atoms with E-state index < -0.39 is 0 Å². The molecule has 1 aromatic rings. The van der Waals surface area contributed by atoms with Crippen LogP contribution in [0.4, 0.5) is 10.2 Å². The Hall–Kier alpha value is -1.20. The van der Waals surface area contributed by atoms with E-state index in [1.165, 1.54) is 0 Å². The summed E-state index contributed by atoms with van der Waals surface area (Å²) >= 11 is 0. The lowest BCUT2D eigenvalue weighted by molar-refractivity contribution is 0.152. The molecule has 1 fully saturated rings. The van der Waals surface area contributed by atoms with Crippen molar-refractivity contribution in [1.82, 2.24) is 10.3 Å². The first-order chi connectivity index (χ1) is 9.33. The van der Waals surface area contributed by atoms with Crippen LogP contribution in [0.3, 0.4) is 0 Å². The Morgan fingerprint density at radius 3 is 3.16 bits per heavy atom. The predicted molar refractivity (Wildman–Crippen MR) is 73.8 cm³/mol. The maximum atomic E-state index is 14.4. The third kappa shape index (κ3) is 3.88. The molecule has 19 heavy (non-hydrogen) atoms. The first kappa shape index (κ1) is 14.2. The van der Waals surface area contributed by atoms with E-state index in [0.717, 1.165) is 32.5 Å². The number of anilines is 1. The summed E-state index contributed by atoms with van der Waals surface area (Å²) in [5, 5.41) is 3.22. The molecule has 0 aromatic carbocycles. The second kappa shape index (κ2) is 7.40. The molecule has 0 saturated carbocycles. The highest BCUT2D eigenvalue weighted by Crippen LogP contribution is 2.20. The van der Waals surface area contributed by atoms with Gasteiger partial charge in [0.15, 0.2) is 11.6 Å². The molecule has 0 bridgehead atoms. The summed E-state index contributed by atoms with van der Waals surface area (Å²) in [6.45, 7) is 6.44.